The Balaban J connectivity index is 1.69. The third-order valence-corrected chi connectivity index (χ3v) is 6.86. The molecule has 4 rings (SSSR count). The number of likely N-dealkylation sites (N-methyl/N-ethyl adjacent to an activating group) is 1. The van der Waals surface area contributed by atoms with Gasteiger partial charge in [0, 0.05) is 44.2 Å². The number of aromatic nitrogens is 2. The van der Waals surface area contributed by atoms with Crippen LogP contribution in [0.25, 0.3) is 0 Å². The minimum Gasteiger partial charge on any atom is -0.396 e. The van der Waals surface area contributed by atoms with Gasteiger partial charge < -0.3 is 19.8 Å². The second kappa shape index (κ2) is 6.97. The van der Waals surface area contributed by atoms with Crippen LogP contribution in [-0.4, -0.2) is 73.4 Å². The summed E-state index contributed by atoms with van der Waals surface area (Å²) in [5, 5.41) is 10.2. The van der Waals surface area contributed by atoms with Crippen molar-refractivity contribution in [2.45, 2.75) is 51.0 Å². The van der Waals surface area contributed by atoms with Gasteiger partial charge in [0.05, 0.1) is 12.3 Å². The average Bonchev–Trinajstić information content (AvgIpc) is 2.67. The van der Waals surface area contributed by atoms with E-state index in [-0.39, 0.29) is 5.41 Å². The second-order valence-electron chi connectivity index (χ2n) is 8.69. The molecule has 6 nitrogen and oxygen atoms in total. The lowest BCUT2D eigenvalue weighted by Crippen LogP contribution is -2.61. The summed E-state index contributed by atoms with van der Waals surface area (Å²) in [7, 11) is 6.27. The summed E-state index contributed by atoms with van der Waals surface area (Å²) in [5.74, 6) is 1.99. The predicted octanol–water partition coefficient (Wildman–Crippen LogP) is 1.70. The molecule has 1 aromatic rings. The number of hydrogen-bond acceptors (Lipinski definition) is 6. The highest BCUT2D eigenvalue weighted by molar-refractivity contribution is 5.54. The fourth-order valence-electron chi connectivity index (χ4n) is 5.23. The maximum atomic E-state index is 10.2. The number of anilines is 2. The van der Waals surface area contributed by atoms with Crippen LogP contribution in [0.4, 0.5) is 11.8 Å². The largest absolute Gasteiger partial charge is 0.396 e. The van der Waals surface area contributed by atoms with Gasteiger partial charge in [-0.3, -0.25) is 0 Å². The summed E-state index contributed by atoms with van der Waals surface area (Å²) in [6, 6.07) is 0.409. The van der Waals surface area contributed by atoms with Crippen molar-refractivity contribution in [3.05, 3.63) is 11.3 Å². The van der Waals surface area contributed by atoms with Crippen LogP contribution in [0.5, 0.6) is 0 Å². The Morgan fingerprint density at radius 1 is 1.12 bits per heavy atom. The van der Waals surface area contributed by atoms with E-state index in [1.807, 2.05) is 19.0 Å². The van der Waals surface area contributed by atoms with Crippen LogP contribution >= 0.6 is 0 Å². The monoisotopic (exact) mass is 359 g/mol. The van der Waals surface area contributed by atoms with Crippen LogP contribution in [0.1, 0.15) is 43.4 Å². The molecule has 1 N–H and O–H groups in total. The lowest BCUT2D eigenvalue weighted by molar-refractivity contribution is -0.0277. The zero-order chi connectivity index (χ0) is 18.3. The molecule has 2 fully saturated rings. The zero-order valence-corrected chi connectivity index (χ0v) is 16.5. The molecule has 0 radical (unpaired) electrons. The van der Waals surface area contributed by atoms with Crippen molar-refractivity contribution in [1.29, 1.82) is 0 Å². The van der Waals surface area contributed by atoms with E-state index in [9.17, 15) is 5.11 Å². The van der Waals surface area contributed by atoms with Crippen LogP contribution < -0.4 is 9.80 Å². The van der Waals surface area contributed by atoms with Gasteiger partial charge in [0.15, 0.2) is 0 Å². The smallest absolute Gasteiger partial charge is 0.227 e. The van der Waals surface area contributed by atoms with Crippen LogP contribution in [-0.2, 0) is 12.8 Å². The van der Waals surface area contributed by atoms with Crippen molar-refractivity contribution >= 4 is 11.8 Å². The Labute approximate surface area is 157 Å². The number of fused-ring (bicyclic) bond motifs is 2. The lowest BCUT2D eigenvalue weighted by atomic mass is 9.69. The Hall–Kier alpha value is -1.40. The summed E-state index contributed by atoms with van der Waals surface area (Å²) < 4.78 is 0. The molecule has 3 heterocycles. The van der Waals surface area contributed by atoms with Gasteiger partial charge in [0.2, 0.25) is 5.95 Å². The van der Waals surface area contributed by atoms with E-state index in [0.717, 1.165) is 57.1 Å². The van der Waals surface area contributed by atoms with E-state index in [1.165, 1.54) is 30.5 Å². The molecule has 0 amide bonds. The topological polar surface area (TPSA) is 55.7 Å². The van der Waals surface area contributed by atoms with Gasteiger partial charge in [0.25, 0.3) is 0 Å². The standard InChI is InChI=1S/C20H33N5O/c1-23(2)19-21-16-8-5-4-7-15(16)18(22-19)25-12-10-20(14-26)9-6-11-24(3)17(20)13-25/h17,26H,4-14H2,1-3H3/t17-,20-/m1/s1. The van der Waals surface area contributed by atoms with Crippen LogP contribution in [0.3, 0.4) is 0 Å². The minimum absolute atomic E-state index is 0.0704. The fraction of sp³-hybridized carbons (Fsp3) is 0.800. The van der Waals surface area contributed by atoms with Crippen molar-refractivity contribution in [2.24, 2.45) is 5.41 Å². The first kappa shape index (κ1) is 18.0. The minimum atomic E-state index is 0.0704. The molecule has 0 bridgehead atoms. The van der Waals surface area contributed by atoms with Crippen molar-refractivity contribution in [3.8, 4) is 0 Å². The first-order valence-electron chi connectivity index (χ1n) is 10.2. The SMILES string of the molecule is CN(C)c1nc2c(c(N3CC[C@@]4(CO)CCCN(C)[C@@H]4C3)n1)CCCC2. The highest BCUT2D eigenvalue weighted by Crippen LogP contribution is 2.43. The Kier molecular flexibility index (Phi) is 4.82. The molecular formula is C20H33N5O. The first-order valence-corrected chi connectivity index (χ1v) is 10.2. The molecule has 2 atom stereocenters. The van der Waals surface area contributed by atoms with Gasteiger partial charge in [-0.25, -0.2) is 4.98 Å². The predicted molar refractivity (Wildman–Crippen MR) is 105 cm³/mol. The van der Waals surface area contributed by atoms with Crippen LogP contribution in [0, 0.1) is 5.41 Å². The number of hydrogen-bond donors (Lipinski definition) is 1. The van der Waals surface area contributed by atoms with Crippen molar-refractivity contribution in [3.63, 3.8) is 0 Å². The normalized spacial score (nSPS) is 29.2. The van der Waals surface area contributed by atoms with Gasteiger partial charge in [-0.1, -0.05) is 0 Å². The van der Waals surface area contributed by atoms with Crippen molar-refractivity contribution in [2.75, 3.05) is 57.2 Å². The molecule has 0 spiro atoms. The number of rotatable bonds is 3. The van der Waals surface area contributed by atoms with E-state index in [2.05, 4.69) is 16.8 Å². The summed E-state index contributed by atoms with van der Waals surface area (Å²) in [4.78, 5) is 16.8. The summed E-state index contributed by atoms with van der Waals surface area (Å²) in [5.41, 5.74) is 2.69. The number of aliphatic hydroxyl groups excluding tert-OH is 1. The first-order chi connectivity index (χ1) is 12.5. The fourth-order valence-corrected chi connectivity index (χ4v) is 5.23. The number of nitrogens with zero attached hydrogens (tertiary/aromatic N) is 5. The third-order valence-electron chi connectivity index (χ3n) is 6.86. The molecule has 0 unspecified atom stereocenters. The Bertz CT molecular complexity index is 664. The van der Waals surface area contributed by atoms with Gasteiger partial charge in [-0.15, -0.1) is 0 Å². The molecule has 2 aliphatic heterocycles. The van der Waals surface area contributed by atoms with E-state index in [1.54, 1.807) is 0 Å². The van der Waals surface area contributed by atoms with E-state index >= 15 is 0 Å². The molecule has 0 aromatic carbocycles. The Morgan fingerprint density at radius 2 is 1.92 bits per heavy atom. The van der Waals surface area contributed by atoms with Crippen LogP contribution in [0.15, 0.2) is 0 Å². The molecule has 1 aromatic heterocycles. The van der Waals surface area contributed by atoms with Crippen LogP contribution in [0.2, 0.25) is 0 Å². The third kappa shape index (κ3) is 2.97. The maximum Gasteiger partial charge on any atom is 0.227 e. The second-order valence-corrected chi connectivity index (χ2v) is 8.69. The Morgan fingerprint density at radius 3 is 2.69 bits per heavy atom. The number of aryl methyl sites for hydroxylation is 1. The van der Waals surface area contributed by atoms with Gasteiger partial charge in [-0.2, -0.15) is 4.98 Å². The van der Waals surface area contributed by atoms with Gasteiger partial charge in [0.1, 0.15) is 5.82 Å². The van der Waals surface area contributed by atoms with Crippen molar-refractivity contribution < 1.29 is 5.11 Å². The van der Waals surface area contributed by atoms with E-state index < -0.39 is 0 Å². The molecule has 6 heteroatoms. The molecule has 144 valence electrons. The van der Waals surface area contributed by atoms with Gasteiger partial charge >= 0.3 is 0 Å². The quantitative estimate of drug-likeness (QED) is 0.887. The lowest BCUT2D eigenvalue weighted by Gasteiger charge is -2.54. The molecule has 0 saturated carbocycles. The van der Waals surface area contributed by atoms with Gasteiger partial charge in [-0.05, 0) is 58.5 Å². The number of piperidine rings is 2. The number of likely N-dealkylation sites (tertiary alicyclic amines) is 1. The van der Waals surface area contributed by atoms with Crippen molar-refractivity contribution in [1.82, 2.24) is 14.9 Å². The number of aliphatic hydroxyl groups is 1. The van der Waals surface area contributed by atoms with E-state index in [0.29, 0.717) is 12.6 Å². The molecule has 26 heavy (non-hydrogen) atoms. The van der Waals surface area contributed by atoms with E-state index in [4.69, 9.17) is 9.97 Å². The highest BCUT2D eigenvalue weighted by Gasteiger charge is 2.47. The molecule has 2 saturated heterocycles. The molecule has 1 aliphatic carbocycles. The summed E-state index contributed by atoms with van der Waals surface area (Å²) in [6.07, 6.45) is 8.04. The summed E-state index contributed by atoms with van der Waals surface area (Å²) in [6.45, 7) is 3.39. The summed E-state index contributed by atoms with van der Waals surface area (Å²) >= 11 is 0. The zero-order valence-electron chi connectivity index (χ0n) is 16.5. The molecule has 3 aliphatic rings. The molecular weight excluding hydrogens is 326 g/mol. The maximum absolute atomic E-state index is 10.2. The highest BCUT2D eigenvalue weighted by atomic mass is 16.3. The average molecular weight is 360 g/mol.